The number of rotatable bonds is 4. The maximum atomic E-state index is 8.56. The lowest BCUT2D eigenvalue weighted by molar-refractivity contribution is 0.0589. The van der Waals surface area contributed by atoms with E-state index in [4.69, 9.17) is 14.9 Å². The van der Waals surface area contributed by atoms with E-state index in [2.05, 4.69) is 0 Å². The minimum atomic E-state index is -0.459. The van der Waals surface area contributed by atoms with E-state index < -0.39 is 4.11 Å². The number of alkyl halides is 1. The molecule has 0 saturated heterocycles. The molecule has 2 N–H and O–H groups in total. The summed E-state index contributed by atoms with van der Waals surface area (Å²) in [5.74, 6) is 0. The summed E-state index contributed by atoms with van der Waals surface area (Å²) in [5.41, 5.74) is 0. The predicted molar refractivity (Wildman–Crippen MR) is 37.9 cm³/mol. The van der Waals surface area contributed by atoms with Crippen LogP contribution in [0.4, 0.5) is 0 Å². The molecule has 1 unspecified atom stereocenters. The van der Waals surface area contributed by atoms with Crippen molar-refractivity contribution < 1.29 is 14.9 Å². The van der Waals surface area contributed by atoms with Crippen LogP contribution >= 0.6 is 22.6 Å². The lowest BCUT2D eigenvalue weighted by Crippen LogP contribution is -2.09. The summed E-state index contributed by atoms with van der Waals surface area (Å²) in [4.78, 5) is 0. The molecular formula is C4H9IO3. The third-order valence-corrected chi connectivity index (χ3v) is 0.851. The Morgan fingerprint density at radius 1 is 1.62 bits per heavy atom. The molecule has 0 aromatic heterocycles. The summed E-state index contributed by atoms with van der Waals surface area (Å²) < 4.78 is 4.28. The monoisotopic (exact) mass is 232 g/mol. The SMILES string of the molecule is OCCOCC(O)I. The fraction of sp³-hybridized carbons (Fsp3) is 1.00. The Morgan fingerprint density at radius 2 is 2.25 bits per heavy atom. The zero-order valence-corrected chi connectivity index (χ0v) is 6.54. The number of halogens is 1. The molecule has 0 fully saturated rings. The van der Waals surface area contributed by atoms with Gasteiger partial charge in [0.1, 0.15) is 4.11 Å². The number of ether oxygens (including phenoxy) is 1. The molecule has 1 atom stereocenters. The van der Waals surface area contributed by atoms with Crippen LogP contribution in [0.15, 0.2) is 0 Å². The largest absolute Gasteiger partial charge is 0.394 e. The molecule has 0 rings (SSSR count). The fourth-order valence-corrected chi connectivity index (χ4v) is 0.499. The normalized spacial score (nSPS) is 13.9. The average Bonchev–Trinajstić information content (AvgIpc) is 1.66. The molecule has 0 aromatic rings. The van der Waals surface area contributed by atoms with Crippen molar-refractivity contribution >= 4 is 22.6 Å². The molecule has 4 heteroatoms. The Kier molecular flexibility index (Phi) is 6.18. The minimum absolute atomic E-state index is 0.0172. The van der Waals surface area contributed by atoms with Crippen LogP contribution in [0.25, 0.3) is 0 Å². The van der Waals surface area contributed by atoms with Crippen LogP contribution in [0.1, 0.15) is 0 Å². The van der Waals surface area contributed by atoms with Gasteiger partial charge in [-0.1, -0.05) is 0 Å². The van der Waals surface area contributed by atoms with Crippen molar-refractivity contribution in [1.29, 1.82) is 0 Å². The number of hydrogen-bond acceptors (Lipinski definition) is 3. The van der Waals surface area contributed by atoms with Crippen molar-refractivity contribution in [1.82, 2.24) is 0 Å². The zero-order chi connectivity index (χ0) is 6.41. The summed E-state index contributed by atoms with van der Waals surface area (Å²) in [6.07, 6.45) is 0. The second kappa shape index (κ2) is 5.74. The number of aliphatic hydroxyl groups excluding tert-OH is 2. The predicted octanol–water partition coefficient (Wildman–Crippen LogP) is -0.251. The Balaban J connectivity index is 2.72. The van der Waals surface area contributed by atoms with Gasteiger partial charge in [0, 0.05) is 0 Å². The summed E-state index contributed by atoms with van der Waals surface area (Å²) >= 11 is 1.83. The van der Waals surface area contributed by atoms with Crippen molar-refractivity contribution in [2.75, 3.05) is 19.8 Å². The Labute approximate surface area is 61.8 Å². The Morgan fingerprint density at radius 3 is 2.62 bits per heavy atom. The summed E-state index contributed by atoms with van der Waals surface area (Å²) in [7, 11) is 0. The van der Waals surface area contributed by atoms with Gasteiger partial charge in [0.05, 0.1) is 19.8 Å². The van der Waals surface area contributed by atoms with Gasteiger partial charge in [0.15, 0.2) is 0 Å². The second-order valence-corrected chi connectivity index (χ2v) is 2.67. The van der Waals surface area contributed by atoms with Crippen LogP contribution in [-0.4, -0.2) is 34.1 Å². The van der Waals surface area contributed by atoms with Gasteiger partial charge in [0.2, 0.25) is 0 Å². The van der Waals surface area contributed by atoms with E-state index in [9.17, 15) is 0 Å². The zero-order valence-electron chi connectivity index (χ0n) is 4.38. The first-order valence-corrected chi connectivity index (χ1v) is 3.52. The van der Waals surface area contributed by atoms with E-state index in [-0.39, 0.29) is 6.61 Å². The van der Waals surface area contributed by atoms with Crippen LogP contribution < -0.4 is 0 Å². The lowest BCUT2D eigenvalue weighted by atomic mass is 10.7. The summed E-state index contributed by atoms with van der Waals surface area (Å²) in [6, 6.07) is 0. The molecule has 0 saturated carbocycles. The Hall–Kier alpha value is 0.610. The number of hydrogen-bond donors (Lipinski definition) is 2. The van der Waals surface area contributed by atoms with Crippen LogP contribution in [-0.2, 0) is 4.74 Å². The van der Waals surface area contributed by atoms with Gasteiger partial charge in [-0.2, -0.15) is 0 Å². The van der Waals surface area contributed by atoms with Crippen molar-refractivity contribution in [2.24, 2.45) is 0 Å². The van der Waals surface area contributed by atoms with Crippen LogP contribution in [0.3, 0.4) is 0 Å². The average molecular weight is 232 g/mol. The second-order valence-electron chi connectivity index (χ2n) is 1.23. The summed E-state index contributed by atoms with van der Waals surface area (Å²) in [6.45, 7) is 0.616. The van der Waals surface area contributed by atoms with Crippen molar-refractivity contribution in [3.8, 4) is 0 Å². The van der Waals surface area contributed by atoms with E-state index >= 15 is 0 Å². The van der Waals surface area contributed by atoms with E-state index in [0.717, 1.165) is 0 Å². The van der Waals surface area contributed by atoms with Crippen molar-refractivity contribution in [2.45, 2.75) is 4.11 Å². The highest BCUT2D eigenvalue weighted by Crippen LogP contribution is 1.93. The molecule has 50 valence electrons. The van der Waals surface area contributed by atoms with E-state index in [1.807, 2.05) is 22.6 Å². The van der Waals surface area contributed by atoms with Gasteiger partial charge in [0.25, 0.3) is 0 Å². The molecule has 0 aliphatic carbocycles. The Bertz CT molecular complexity index is 48.5. The quantitative estimate of drug-likeness (QED) is 0.399. The van der Waals surface area contributed by atoms with Gasteiger partial charge in [-0.3, -0.25) is 0 Å². The molecule has 0 aromatic carbocycles. The maximum Gasteiger partial charge on any atom is 0.128 e. The van der Waals surface area contributed by atoms with E-state index in [0.29, 0.717) is 13.2 Å². The highest BCUT2D eigenvalue weighted by atomic mass is 127. The smallest absolute Gasteiger partial charge is 0.128 e. The van der Waals surface area contributed by atoms with Crippen LogP contribution in [0, 0.1) is 0 Å². The maximum absolute atomic E-state index is 8.56. The molecule has 0 aliphatic rings. The van der Waals surface area contributed by atoms with Crippen LogP contribution in [0.5, 0.6) is 0 Å². The lowest BCUT2D eigenvalue weighted by Gasteiger charge is -2.01. The first-order valence-electron chi connectivity index (χ1n) is 2.28. The van der Waals surface area contributed by atoms with Crippen LogP contribution in [0.2, 0.25) is 0 Å². The molecule has 0 aliphatic heterocycles. The highest BCUT2D eigenvalue weighted by molar-refractivity contribution is 14.1. The third kappa shape index (κ3) is 6.61. The first-order chi connectivity index (χ1) is 3.77. The minimum Gasteiger partial charge on any atom is -0.394 e. The summed E-state index contributed by atoms with van der Waals surface area (Å²) in [5, 5.41) is 16.7. The molecule has 0 radical (unpaired) electrons. The molecular weight excluding hydrogens is 223 g/mol. The molecule has 8 heavy (non-hydrogen) atoms. The van der Waals surface area contributed by atoms with Crippen molar-refractivity contribution in [3.05, 3.63) is 0 Å². The van der Waals surface area contributed by atoms with E-state index in [1.54, 1.807) is 0 Å². The van der Waals surface area contributed by atoms with E-state index in [1.165, 1.54) is 0 Å². The third-order valence-electron chi connectivity index (χ3n) is 0.491. The van der Waals surface area contributed by atoms with Gasteiger partial charge in [-0.25, -0.2) is 0 Å². The van der Waals surface area contributed by atoms with Gasteiger partial charge < -0.3 is 14.9 Å². The molecule has 0 heterocycles. The van der Waals surface area contributed by atoms with Gasteiger partial charge in [-0.05, 0) is 22.6 Å². The molecule has 0 bridgehead atoms. The van der Waals surface area contributed by atoms with Gasteiger partial charge >= 0.3 is 0 Å². The van der Waals surface area contributed by atoms with Crippen molar-refractivity contribution in [3.63, 3.8) is 0 Å². The molecule has 0 amide bonds. The standard InChI is InChI=1S/C4H9IO3/c5-4(7)3-8-2-1-6/h4,6-7H,1-3H2. The fourth-order valence-electron chi connectivity index (χ4n) is 0.245. The van der Waals surface area contributed by atoms with Gasteiger partial charge in [-0.15, -0.1) is 0 Å². The molecule has 3 nitrogen and oxygen atoms in total. The highest BCUT2D eigenvalue weighted by Gasteiger charge is 1.93. The topological polar surface area (TPSA) is 49.7 Å². The number of aliphatic hydroxyl groups is 2. The first kappa shape index (κ1) is 8.61. The molecule has 0 spiro atoms.